The number of nitrogens with zero attached hydrogens (tertiary/aromatic N) is 2. The maximum Gasteiger partial charge on any atom is 0.173 e. The van der Waals surface area contributed by atoms with Crippen molar-refractivity contribution in [2.24, 2.45) is 5.41 Å². The van der Waals surface area contributed by atoms with E-state index in [1.165, 1.54) is 0 Å². The lowest BCUT2D eigenvalue weighted by Crippen LogP contribution is -2.36. The SMILES string of the molecule is CC1(C)CC(=O)c2sc(N3CCOCC3)c(-c3ccnc(-c4cccc(C=O)c4)c3)c2C1. The van der Waals surface area contributed by atoms with E-state index < -0.39 is 0 Å². The third-order valence-corrected chi connectivity index (χ3v) is 7.54. The second kappa shape index (κ2) is 8.26. The van der Waals surface area contributed by atoms with Gasteiger partial charge in [0.25, 0.3) is 0 Å². The molecule has 1 saturated heterocycles. The van der Waals surface area contributed by atoms with Gasteiger partial charge in [-0.15, -0.1) is 11.3 Å². The first kappa shape index (κ1) is 21.0. The first-order valence-corrected chi connectivity index (χ1v) is 11.8. The largest absolute Gasteiger partial charge is 0.378 e. The Morgan fingerprint density at radius 3 is 2.69 bits per heavy atom. The fraction of sp³-hybridized carbons (Fsp3) is 0.346. The molecular formula is C26H26N2O3S. The smallest absolute Gasteiger partial charge is 0.173 e. The van der Waals surface area contributed by atoms with Gasteiger partial charge < -0.3 is 9.64 Å². The molecule has 32 heavy (non-hydrogen) atoms. The van der Waals surface area contributed by atoms with E-state index in [9.17, 15) is 9.59 Å². The highest BCUT2D eigenvalue weighted by molar-refractivity contribution is 7.19. The molecule has 1 fully saturated rings. The van der Waals surface area contributed by atoms with Crippen LogP contribution >= 0.6 is 11.3 Å². The van der Waals surface area contributed by atoms with Gasteiger partial charge in [0, 0.05) is 42.4 Å². The van der Waals surface area contributed by atoms with Gasteiger partial charge in [-0.3, -0.25) is 14.6 Å². The van der Waals surface area contributed by atoms with E-state index in [1.54, 1.807) is 17.4 Å². The molecule has 2 aliphatic rings. The van der Waals surface area contributed by atoms with E-state index in [1.807, 2.05) is 30.5 Å². The fourth-order valence-electron chi connectivity index (χ4n) is 4.70. The highest BCUT2D eigenvalue weighted by atomic mass is 32.1. The number of aldehydes is 1. The van der Waals surface area contributed by atoms with Gasteiger partial charge in [0.2, 0.25) is 0 Å². The van der Waals surface area contributed by atoms with Crippen LogP contribution in [0.3, 0.4) is 0 Å². The predicted molar refractivity (Wildman–Crippen MR) is 128 cm³/mol. The van der Waals surface area contributed by atoms with Gasteiger partial charge in [-0.2, -0.15) is 0 Å². The van der Waals surface area contributed by atoms with E-state index in [0.29, 0.717) is 25.2 Å². The number of rotatable bonds is 4. The first-order valence-electron chi connectivity index (χ1n) is 11.0. The Kier molecular flexibility index (Phi) is 5.43. The van der Waals surface area contributed by atoms with Gasteiger partial charge in [0.1, 0.15) is 6.29 Å². The van der Waals surface area contributed by atoms with Gasteiger partial charge in [-0.25, -0.2) is 0 Å². The van der Waals surface area contributed by atoms with E-state index in [-0.39, 0.29) is 11.2 Å². The Balaban J connectivity index is 1.67. The number of pyridine rings is 1. The lowest BCUT2D eigenvalue weighted by molar-refractivity contribution is 0.0917. The number of morpholine rings is 1. The summed E-state index contributed by atoms with van der Waals surface area (Å²) in [6, 6.07) is 11.6. The average molecular weight is 447 g/mol. The normalized spacial score (nSPS) is 17.8. The number of thiophene rings is 1. The molecule has 0 bridgehead atoms. The van der Waals surface area contributed by atoms with E-state index in [4.69, 9.17) is 4.74 Å². The number of aromatic nitrogens is 1. The van der Waals surface area contributed by atoms with Crippen molar-refractivity contribution in [3.05, 3.63) is 58.6 Å². The number of fused-ring (bicyclic) bond motifs is 1. The van der Waals surface area contributed by atoms with Crippen LogP contribution in [0.25, 0.3) is 22.4 Å². The quantitative estimate of drug-likeness (QED) is 0.510. The van der Waals surface area contributed by atoms with Crippen molar-refractivity contribution in [2.75, 3.05) is 31.2 Å². The van der Waals surface area contributed by atoms with Crippen LogP contribution in [0.5, 0.6) is 0 Å². The molecule has 3 heterocycles. The van der Waals surface area contributed by atoms with Crippen LogP contribution in [0, 0.1) is 5.41 Å². The maximum absolute atomic E-state index is 13.1. The third-order valence-electron chi connectivity index (χ3n) is 6.20. The minimum absolute atomic E-state index is 0.0592. The number of carbonyl (C=O) groups is 2. The summed E-state index contributed by atoms with van der Waals surface area (Å²) in [5, 5.41) is 1.16. The van der Waals surface area contributed by atoms with E-state index in [2.05, 4.69) is 29.8 Å². The third kappa shape index (κ3) is 3.89. The molecule has 1 aliphatic carbocycles. The maximum atomic E-state index is 13.1. The second-order valence-corrected chi connectivity index (χ2v) is 10.3. The molecule has 0 spiro atoms. The van der Waals surface area contributed by atoms with Gasteiger partial charge in [0.05, 0.1) is 28.8 Å². The van der Waals surface area contributed by atoms with Gasteiger partial charge in [0.15, 0.2) is 5.78 Å². The molecule has 2 aromatic heterocycles. The van der Waals surface area contributed by atoms with Crippen molar-refractivity contribution in [2.45, 2.75) is 26.7 Å². The number of carbonyl (C=O) groups excluding carboxylic acids is 2. The number of Topliss-reactive ketones (excluding diaryl/α,β-unsaturated/α-hetero) is 1. The Morgan fingerprint density at radius 1 is 1.09 bits per heavy atom. The summed E-state index contributed by atoms with van der Waals surface area (Å²) in [5.74, 6) is 0.245. The summed E-state index contributed by atoms with van der Waals surface area (Å²) in [4.78, 5) is 32.2. The van der Waals surface area contributed by atoms with Crippen LogP contribution in [0.4, 0.5) is 5.00 Å². The number of ketones is 1. The number of hydrogen-bond donors (Lipinski definition) is 0. The molecule has 0 radical (unpaired) electrons. The number of anilines is 1. The standard InChI is InChI=1S/C26H26N2O3S/c1-26(2)14-20-23(25(28-8-10-31-11-9-28)32-24(20)22(30)15-26)19-6-7-27-21(13-19)18-5-3-4-17(12-18)16-29/h3-7,12-13,16H,8-11,14-15H2,1-2H3. The van der Waals surface area contributed by atoms with Crippen LogP contribution in [-0.2, 0) is 11.2 Å². The Hall–Kier alpha value is -2.83. The van der Waals surface area contributed by atoms with E-state index in [0.717, 1.165) is 63.6 Å². The van der Waals surface area contributed by atoms with Gasteiger partial charge in [-0.05, 0) is 41.2 Å². The molecule has 1 aromatic carbocycles. The van der Waals surface area contributed by atoms with Crippen LogP contribution in [0.15, 0.2) is 42.6 Å². The average Bonchev–Trinajstić information content (AvgIpc) is 3.18. The molecule has 6 heteroatoms. The highest BCUT2D eigenvalue weighted by Crippen LogP contribution is 2.49. The molecule has 0 saturated carbocycles. The molecule has 0 amide bonds. The molecule has 0 atom stereocenters. The topological polar surface area (TPSA) is 59.5 Å². The summed E-state index contributed by atoms with van der Waals surface area (Å²) >= 11 is 1.63. The van der Waals surface area contributed by atoms with Crippen molar-refractivity contribution in [3.63, 3.8) is 0 Å². The van der Waals surface area contributed by atoms with Crippen molar-refractivity contribution < 1.29 is 14.3 Å². The van der Waals surface area contributed by atoms with Gasteiger partial charge in [-0.1, -0.05) is 32.0 Å². The van der Waals surface area contributed by atoms with Crippen LogP contribution in [-0.4, -0.2) is 43.4 Å². The number of ether oxygens (including phenoxy) is 1. The number of hydrogen-bond acceptors (Lipinski definition) is 6. The van der Waals surface area contributed by atoms with E-state index >= 15 is 0 Å². The highest BCUT2D eigenvalue weighted by Gasteiger charge is 2.37. The predicted octanol–water partition coefficient (Wildman–Crippen LogP) is 5.28. The van der Waals surface area contributed by atoms with Gasteiger partial charge >= 0.3 is 0 Å². The summed E-state index contributed by atoms with van der Waals surface area (Å²) in [6.07, 6.45) is 4.14. The first-order chi connectivity index (χ1) is 15.4. The van der Waals surface area contributed by atoms with Crippen LogP contribution in [0.1, 0.15) is 45.9 Å². The number of benzene rings is 1. The Labute approximate surface area is 192 Å². The zero-order valence-electron chi connectivity index (χ0n) is 18.4. The zero-order chi connectivity index (χ0) is 22.3. The van der Waals surface area contributed by atoms with Crippen molar-refractivity contribution >= 4 is 28.4 Å². The zero-order valence-corrected chi connectivity index (χ0v) is 19.2. The summed E-state index contributed by atoms with van der Waals surface area (Å²) in [6.45, 7) is 7.38. The lowest BCUT2D eigenvalue weighted by atomic mass is 9.75. The van der Waals surface area contributed by atoms with Crippen molar-refractivity contribution in [3.8, 4) is 22.4 Å². The summed E-state index contributed by atoms with van der Waals surface area (Å²) in [5.41, 5.74) is 5.68. The molecule has 164 valence electrons. The molecule has 5 rings (SSSR count). The summed E-state index contributed by atoms with van der Waals surface area (Å²) < 4.78 is 5.58. The van der Waals surface area contributed by atoms with Crippen LogP contribution in [0.2, 0.25) is 0 Å². The molecule has 5 nitrogen and oxygen atoms in total. The molecule has 1 aliphatic heterocycles. The fourth-order valence-corrected chi connectivity index (χ4v) is 6.04. The second-order valence-electron chi connectivity index (χ2n) is 9.30. The minimum Gasteiger partial charge on any atom is -0.378 e. The van der Waals surface area contributed by atoms with Crippen molar-refractivity contribution in [1.29, 1.82) is 0 Å². The minimum atomic E-state index is -0.0592. The Morgan fingerprint density at radius 2 is 1.91 bits per heavy atom. The molecule has 0 N–H and O–H groups in total. The monoisotopic (exact) mass is 446 g/mol. The summed E-state index contributed by atoms with van der Waals surface area (Å²) in [7, 11) is 0. The Bertz CT molecular complexity index is 1190. The molecule has 3 aromatic rings. The van der Waals surface area contributed by atoms with Crippen molar-refractivity contribution in [1.82, 2.24) is 4.98 Å². The molecule has 0 unspecified atom stereocenters. The lowest BCUT2D eigenvalue weighted by Gasteiger charge is -2.30. The van der Waals surface area contributed by atoms with Crippen LogP contribution < -0.4 is 4.90 Å². The molecular weight excluding hydrogens is 420 g/mol.